The number of amides is 1. The van der Waals surface area contributed by atoms with Gasteiger partial charge in [0.25, 0.3) is 5.91 Å². The fourth-order valence-corrected chi connectivity index (χ4v) is 5.26. The van der Waals surface area contributed by atoms with Crippen LogP contribution in [0.4, 0.5) is 0 Å². The summed E-state index contributed by atoms with van der Waals surface area (Å²) < 4.78 is 0. The molecular formula is C26H27ClN6OS. The summed E-state index contributed by atoms with van der Waals surface area (Å²) in [6, 6.07) is 13.3. The number of hydrogen-bond acceptors (Lipinski definition) is 6. The van der Waals surface area contributed by atoms with E-state index in [1.807, 2.05) is 60.4 Å². The van der Waals surface area contributed by atoms with Crippen LogP contribution in [0.2, 0.25) is 5.02 Å². The van der Waals surface area contributed by atoms with Crippen molar-refractivity contribution in [3.05, 3.63) is 77.0 Å². The van der Waals surface area contributed by atoms with Crippen molar-refractivity contribution in [2.24, 2.45) is 0 Å². The van der Waals surface area contributed by atoms with E-state index in [1.165, 1.54) is 0 Å². The van der Waals surface area contributed by atoms with Gasteiger partial charge in [-0.05, 0) is 42.8 Å². The highest BCUT2D eigenvalue weighted by Gasteiger charge is 2.17. The van der Waals surface area contributed by atoms with Crippen LogP contribution in [0.25, 0.3) is 22.3 Å². The minimum absolute atomic E-state index is 0.104. The zero-order valence-corrected chi connectivity index (χ0v) is 20.9. The Morgan fingerprint density at radius 1 is 1.11 bits per heavy atom. The Morgan fingerprint density at radius 2 is 1.94 bits per heavy atom. The molecule has 1 amide bonds. The second kappa shape index (κ2) is 11.2. The van der Waals surface area contributed by atoms with Gasteiger partial charge in [0.2, 0.25) is 0 Å². The highest BCUT2D eigenvalue weighted by atomic mass is 35.5. The molecule has 1 aliphatic rings. The van der Waals surface area contributed by atoms with Gasteiger partial charge >= 0.3 is 0 Å². The van der Waals surface area contributed by atoms with Crippen molar-refractivity contribution in [3.63, 3.8) is 0 Å². The third-order valence-corrected chi connectivity index (χ3v) is 7.24. The Balaban J connectivity index is 1.39. The maximum absolute atomic E-state index is 12.8. The van der Waals surface area contributed by atoms with Gasteiger partial charge < -0.3 is 10.3 Å². The Morgan fingerprint density at radius 3 is 2.71 bits per heavy atom. The van der Waals surface area contributed by atoms with E-state index < -0.39 is 0 Å². The molecule has 0 bridgehead atoms. The number of aryl methyl sites for hydroxylation is 1. The highest BCUT2D eigenvalue weighted by Crippen LogP contribution is 2.25. The molecule has 180 valence electrons. The summed E-state index contributed by atoms with van der Waals surface area (Å²) in [7, 11) is 0. The zero-order chi connectivity index (χ0) is 24.0. The van der Waals surface area contributed by atoms with Crippen molar-refractivity contribution >= 4 is 40.2 Å². The summed E-state index contributed by atoms with van der Waals surface area (Å²) in [6.07, 6.45) is 5.15. The van der Waals surface area contributed by atoms with Gasteiger partial charge in [0.1, 0.15) is 5.82 Å². The first-order valence-electron chi connectivity index (χ1n) is 11.8. The first-order chi connectivity index (χ1) is 17.2. The lowest BCUT2D eigenvalue weighted by Gasteiger charge is -2.26. The molecule has 0 aliphatic carbocycles. The molecule has 0 spiro atoms. The Kier molecular flexibility index (Phi) is 7.61. The molecule has 2 aromatic carbocycles. The van der Waals surface area contributed by atoms with Crippen LogP contribution < -0.4 is 5.32 Å². The van der Waals surface area contributed by atoms with Crippen molar-refractivity contribution in [1.29, 1.82) is 0 Å². The number of imidazole rings is 1. The van der Waals surface area contributed by atoms with Gasteiger partial charge in [0.15, 0.2) is 5.82 Å². The Hall–Kier alpha value is -2.94. The van der Waals surface area contributed by atoms with E-state index in [1.54, 1.807) is 6.20 Å². The lowest BCUT2D eigenvalue weighted by molar-refractivity contribution is 0.0953. The summed E-state index contributed by atoms with van der Waals surface area (Å²) in [5, 5.41) is 4.66. The minimum Gasteiger partial charge on any atom is -0.352 e. The molecule has 4 aromatic rings. The molecule has 3 heterocycles. The van der Waals surface area contributed by atoms with Crippen molar-refractivity contribution in [3.8, 4) is 11.4 Å². The van der Waals surface area contributed by atoms with E-state index >= 15 is 0 Å². The molecule has 0 saturated carbocycles. The summed E-state index contributed by atoms with van der Waals surface area (Å²) in [4.78, 5) is 32.4. The van der Waals surface area contributed by atoms with E-state index in [9.17, 15) is 4.79 Å². The third kappa shape index (κ3) is 6.01. The van der Waals surface area contributed by atoms with E-state index in [2.05, 4.69) is 20.2 Å². The number of H-pyrrole nitrogens is 1. The minimum atomic E-state index is -0.104. The Labute approximate surface area is 213 Å². The van der Waals surface area contributed by atoms with Gasteiger partial charge in [0, 0.05) is 78.0 Å². The maximum atomic E-state index is 12.8. The fourth-order valence-electron chi connectivity index (χ4n) is 4.15. The number of halogens is 1. The van der Waals surface area contributed by atoms with Crippen molar-refractivity contribution in [1.82, 2.24) is 30.2 Å². The van der Waals surface area contributed by atoms with Crippen LogP contribution in [0.5, 0.6) is 0 Å². The van der Waals surface area contributed by atoms with Crippen molar-refractivity contribution in [2.75, 3.05) is 31.1 Å². The van der Waals surface area contributed by atoms with Crippen molar-refractivity contribution < 1.29 is 4.79 Å². The van der Waals surface area contributed by atoms with Crippen LogP contribution in [-0.4, -0.2) is 61.9 Å². The number of nitrogens with one attached hydrogen (secondary N) is 2. The monoisotopic (exact) mass is 506 g/mol. The number of fused-ring (bicyclic) bond motifs is 1. The fraction of sp³-hybridized carbons (Fsp3) is 0.308. The number of carbonyl (C=O) groups excluding carboxylic acids is 1. The molecule has 0 unspecified atom stereocenters. The largest absolute Gasteiger partial charge is 0.352 e. The predicted octanol–water partition coefficient (Wildman–Crippen LogP) is 4.58. The van der Waals surface area contributed by atoms with Crippen LogP contribution in [0.1, 0.15) is 28.3 Å². The lowest BCUT2D eigenvalue weighted by atomic mass is 10.1. The number of carbonyl (C=O) groups is 1. The SMILES string of the molecule is O=C(NCCCc1ncc[nH]1)c1ccc2c(CN3CCSCC3)nc(-c3ccc(Cl)cc3)nc2c1. The smallest absolute Gasteiger partial charge is 0.251 e. The van der Waals surface area contributed by atoms with Gasteiger partial charge in [0.05, 0.1) is 11.2 Å². The number of rotatable bonds is 8. The molecule has 1 aliphatic heterocycles. The number of aromatic amines is 1. The highest BCUT2D eigenvalue weighted by molar-refractivity contribution is 7.99. The van der Waals surface area contributed by atoms with E-state index in [0.29, 0.717) is 23.0 Å². The molecule has 5 rings (SSSR count). The van der Waals surface area contributed by atoms with Gasteiger partial charge in [-0.3, -0.25) is 9.69 Å². The molecular weight excluding hydrogens is 480 g/mol. The van der Waals surface area contributed by atoms with Gasteiger partial charge in [-0.15, -0.1) is 0 Å². The van der Waals surface area contributed by atoms with E-state index in [0.717, 1.165) is 72.0 Å². The Bertz CT molecular complexity index is 1290. The second-order valence-corrected chi connectivity index (χ2v) is 10.2. The van der Waals surface area contributed by atoms with E-state index in [-0.39, 0.29) is 5.91 Å². The number of aromatic nitrogens is 4. The van der Waals surface area contributed by atoms with Gasteiger partial charge in [-0.2, -0.15) is 11.8 Å². The zero-order valence-electron chi connectivity index (χ0n) is 19.3. The van der Waals surface area contributed by atoms with E-state index in [4.69, 9.17) is 21.6 Å². The second-order valence-electron chi connectivity index (χ2n) is 8.52. The average Bonchev–Trinajstić information content (AvgIpc) is 3.41. The number of benzene rings is 2. The summed E-state index contributed by atoms with van der Waals surface area (Å²) in [5.74, 6) is 3.74. The quantitative estimate of drug-likeness (QED) is 0.340. The first kappa shape index (κ1) is 23.8. The number of thioether (sulfide) groups is 1. The van der Waals surface area contributed by atoms with Gasteiger partial charge in [-0.25, -0.2) is 15.0 Å². The third-order valence-electron chi connectivity index (χ3n) is 6.05. The molecule has 35 heavy (non-hydrogen) atoms. The number of nitrogens with zero attached hydrogens (tertiary/aromatic N) is 4. The summed E-state index contributed by atoms with van der Waals surface area (Å²) in [6.45, 7) is 3.43. The van der Waals surface area contributed by atoms with Crippen LogP contribution >= 0.6 is 23.4 Å². The molecule has 1 saturated heterocycles. The molecule has 2 aromatic heterocycles. The predicted molar refractivity (Wildman–Crippen MR) is 142 cm³/mol. The first-order valence-corrected chi connectivity index (χ1v) is 13.3. The lowest BCUT2D eigenvalue weighted by Crippen LogP contribution is -2.32. The molecule has 1 fully saturated rings. The molecule has 0 radical (unpaired) electrons. The maximum Gasteiger partial charge on any atom is 0.251 e. The van der Waals surface area contributed by atoms with Crippen molar-refractivity contribution in [2.45, 2.75) is 19.4 Å². The normalized spacial score (nSPS) is 14.3. The molecule has 7 nitrogen and oxygen atoms in total. The topological polar surface area (TPSA) is 86.8 Å². The number of hydrogen-bond donors (Lipinski definition) is 2. The average molecular weight is 507 g/mol. The standard InChI is InChI=1S/C26H27ClN6OS/c27-20-6-3-18(4-7-20)25-31-22-16-19(26(34)30-9-1-2-24-28-10-11-29-24)5-8-21(22)23(32-25)17-33-12-14-35-15-13-33/h3-8,10-11,16H,1-2,9,12-15,17H2,(H,28,29)(H,30,34). The van der Waals surface area contributed by atoms with Crippen LogP contribution in [0, 0.1) is 0 Å². The molecule has 9 heteroatoms. The summed E-state index contributed by atoms with van der Waals surface area (Å²) in [5.41, 5.74) is 3.25. The summed E-state index contributed by atoms with van der Waals surface area (Å²) >= 11 is 8.08. The van der Waals surface area contributed by atoms with Crippen LogP contribution in [-0.2, 0) is 13.0 Å². The molecule has 0 atom stereocenters. The van der Waals surface area contributed by atoms with Crippen LogP contribution in [0.3, 0.4) is 0 Å². The van der Waals surface area contributed by atoms with Gasteiger partial charge in [-0.1, -0.05) is 17.7 Å². The van der Waals surface area contributed by atoms with Crippen LogP contribution in [0.15, 0.2) is 54.9 Å². The molecule has 2 N–H and O–H groups in total.